The van der Waals surface area contributed by atoms with Gasteiger partial charge in [-0.05, 0) is 75.5 Å². The SMILES string of the molecule is CC1CNCC(C)N1C(=O)CC12CC3CC(CC(C3)C1)C2. The van der Waals surface area contributed by atoms with Gasteiger partial charge in [0.2, 0.25) is 5.91 Å². The number of piperazine rings is 1. The average molecular weight is 290 g/mol. The second-order valence-electron chi connectivity index (χ2n) is 8.75. The van der Waals surface area contributed by atoms with Gasteiger partial charge in [-0.3, -0.25) is 4.79 Å². The van der Waals surface area contributed by atoms with Crippen LogP contribution in [0.1, 0.15) is 58.8 Å². The quantitative estimate of drug-likeness (QED) is 0.848. The van der Waals surface area contributed by atoms with Gasteiger partial charge in [0.1, 0.15) is 0 Å². The van der Waals surface area contributed by atoms with E-state index in [1.165, 1.54) is 38.5 Å². The van der Waals surface area contributed by atoms with Crippen molar-refractivity contribution in [2.45, 2.75) is 70.9 Å². The molecule has 5 aliphatic rings. The van der Waals surface area contributed by atoms with Crippen molar-refractivity contribution in [2.24, 2.45) is 23.2 Å². The number of nitrogens with zero attached hydrogens (tertiary/aromatic N) is 1. The highest BCUT2D eigenvalue weighted by Crippen LogP contribution is 2.61. The van der Waals surface area contributed by atoms with Crippen molar-refractivity contribution < 1.29 is 4.79 Å². The molecule has 1 saturated heterocycles. The molecular weight excluding hydrogens is 260 g/mol. The van der Waals surface area contributed by atoms with Crippen molar-refractivity contribution in [1.29, 1.82) is 0 Å². The largest absolute Gasteiger partial charge is 0.335 e. The smallest absolute Gasteiger partial charge is 0.223 e. The fraction of sp³-hybridized carbons (Fsp3) is 0.944. The number of hydrogen-bond acceptors (Lipinski definition) is 2. The minimum atomic E-state index is 0.357. The molecule has 0 radical (unpaired) electrons. The summed E-state index contributed by atoms with van der Waals surface area (Å²) in [5.41, 5.74) is 0.385. The highest BCUT2D eigenvalue weighted by molar-refractivity contribution is 5.78. The van der Waals surface area contributed by atoms with E-state index in [0.717, 1.165) is 37.3 Å². The zero-order chi connectivity index (χ0) is 14.6. The summed E-state index contributed by atoms with van der Waals surface area (Å²) in [4.78, 5) is 15.2. The first kappa shape index (κ1) is 14.0. The van der Waals surface area contributed by atoms with E-state index in [2.05, 4.69) is 24.1 Å². The molecule has 0 spiro atoms. The summed E-state index contributed by atoms with van der Waals surface area (Å²) >= 11 is 0. The third-order valence-corrected chi connectivity index (χ3v) is 6.81. The van der Waals surface area contributed by atoms with E-state index < -0.39 is 0 Å². The summed E-state index contributed by atoms with van der Waals surface area (Å²) in [6.45, 7) is 6.30. The van der Waals surface area contributed by atoms with E-state index in [1.54, 1.807) is 0 Å². The number of hydrogen-bond donors (Lipinski definition) is 1. The van der Waals surface area contributed by atoms with Crippen molar-refractivity contribution in [3.05, 3.63) is 0 Å². The third kappa shape index (κ3) is 2.42. The highest BCUT2D eigenvalue weighted by Gasteiger charge is 2.52. The third-order valence-electron chi connectivity index (χ3n) is 6.81. The summed E-state index contributed by atoms with van der Waals surface area (Å²) in [6.07, 6.45) is 9.28. The topological polar surface area (TPSA) is 32.3 Å². The molecule has 4 aliphatic carbocycles. The molecule has 5 fully saturated rings. The van der Waals surface area contributed by atoms with Crippen LogP contribution in [-0.2, 0) is 4.79 Å². The summed E-state index contributed by atoms with van der Waals surface area (Å²) in [6, 6.07) is 0.713. The summed E-state index contributed by atoms with van der Waals surface area (Å²) in [5.74, 6) is 3.28. The fourth-order valence-corrected chi connectivity index (χ4v) is 6.54. The van der Waals surface area contributed by atoms with Gasteiger partial charge in [0, 0.05) is 31.6 Å². The predicted molar refractivity (Wildman–Crippen MR) is 83.9 cm³/mol. The first-order chi connectivity index (χ1) is 10.0. The van der Waals surface area contributed by atoms with Crippen LogP contribution in [0, 0.1) is 23.2 Å². The van der Waals surface area contributed by atoms with Crippen LogP contribution in [0.3, 0.4) is 0 Å². The Morgan fingerprint density at radius 3 is 1.95 bits per heavy atom. The monoisotopic (exact) mass is 290 g/mol. The van der Waals surface area contributed by atoms with Crippen molar-refractivity contribution in [1.82, 2.24) is 10.2 Å². The Kier molecular flexibility index (Phi) is 3.33. The molecule has 1 amide bonds. The van der Waals surface area contributed by atoms with Crippen LogP contribution < -0.4 is 5.32 Å². The number of amides is 1. The molecule has 3 nitrogen and oxygen atoms in total. The molecule has 2 unspecified atom stereocenters. The Labute approximate surface area is 128 Å². The summed E-state index contributed by atoms with van der Waals surface area (Å²) in [7, 11) is 0. The van der Waals surface area contributed by atoms with Gasteiger partial charge in [0.15, 0.2) is 0 Å². The van der Waals surface area contributed by atoms with Gasteiger partial charge in [0.25, 0.3) is 0 Å². The molecule has 21 heavy (non-hydrogen) atoms. The van der Waals surface area contributed by atoms with Gasteiger partial charge in [0.05, 0.1) is 0 Å². The van der Waals surface area contributed by atoms with Crippen LogP contribution in [0.5, 0.6) is 0 Å². The molecule has 4 saturated carbocycles. The van der Waals surface area contributed by atoms with Crippen LogP contribution in [0.4, 0.5) is 0 Å². The lowest BCUT2D eigenvalue weighted by atomic mass is 9.49. The molecular formula is C18H30N2O. The van der Waals surface area contributed by atoms with Gasteiger partial charge in [-0.15, -0.1) is 0 Å². The van der Waals surface area contributed by atoms with Crippen LogP contribution in [-0.4, -0.2) is 36.0 Å². The van der Waals surface area contributed by atoms with Crippen LogP contribution >= 0.6 is 0 Å². The number of carbonyl (C=O) groups is 1. The summed E-state index contributed by atoms with van der Waals surface area (Å²) in [5, 5.41) is 3.43. The molecule has 3 heteroatoms. The molecule has 1 aliphatic heterocycles. The lowest BCUT2D eigenvalue weighted by molar-refractivity contribution is -0.144. The first-order valence-corrected chi connectivity index (χ1v) is 9.06. The molecule has 118 valence electrons. The second-order valence-corrected chi connectivity index (χ2v) is 8.75. The van der Waals surface area contributed by atoms with E-state index in [-0.39, 0.29) is 0 Å². The van der Waals surface area contributed by atoms with Crippen LogP contribution in [0.2, 0.25) is 0 Å². The lowest BCUT2D eigenvalue weighted by Gasteiger charge is -2.57. The molecule has 1 N–H and O–H groups in total. The lowest BCUT2D eigenvalue weighted by Crippen LogP contribution is -2.58. The van der Waals surface area contributed by atoms with E-state index >= 15 is 0 Å². The van der Waals surface area contributed by atoms with Gasteiger partial charge in [-0.2, -0.15) is 0 Å². The number of nitrogens with one attached hydrogen (secondary N) is 1. The minimum absolute atomic E-state index is 0.357. The van der Waals surface area contributed by atoms with Gasteiger partial charge in [-0.25, -0.2) is 0 Å². The predicted octanol–water partition coefficient (Wildman–Crippen LogP) is 2.80. The molecule has 4 bridgehead atoms. The van der Waals surface area contributed by atoms with Gasteiger partial charge < -0.3 is 10.2 Å². The van der Waals surface area contributed by atoms with Crippen LogP contribution in [0.25, 0.3) is 0 Å². The number of carbonyl (C=O) groups excluding carboxylic acids is 1. The Morgan fingerprint density at radius 2 is 1.48 bits per heavy atom. The molecule has 2 atom stereocenters. The maximum absolute atomic E-state index is 13.0. The van der Waals surface area contributed by atoms with Crippen molar-refractivity contribution in [3.8, 4) is 0 Å². The minimum Gasteiger partial charge on any atom is -0.335 e. The fourth-order valence-electron chi connectivity index (χ4n) is 6.54. The molecule has 0 aromatic carbocycles. The van der Waals surface area contributed by atoms with Crippen molar-refractivity contribution in [3.63, 3.8) is 0 Å². The van der Waals surface area contributed by atoms with E-state index in [0.29, 0.717) is 23.4 Å². The molecule has 0 aromatic heterocycles. The molecule has 1 heterocycles. The normalized spacial score (nSPS) is 48.7. The average Bonchev–Trinajstić information content (AvgIpc) is 2.35. The Bertz CT molecular complexity index is 388. The molecule has 5 rings (SSSR count). The van der Waals surface area contributed by atoms with E-state index in [9.17, 15) is 4.79 Å². The van der Waals surface area contributed by atoms with Gasteiger partial charge in [-0.1, -0.05) is 0 Å². The summed E-state index contributed by atoms with van der Waals surface area (Å²) < 4.78 is 0. The van der Waals surface area contributed by atoms with E-state index in [4.69, 9.17) is 0 Å². The zero-order valence-electron chi connectivity index (χ0n) is 13.6. The Balaban J connectivity index is 1.49. The van der Waals surface area contributed by atoms with Crippen LogP contribution in [0.15, 0.2) is 0 Å². The van der Waals surface area contributed by atoms with Crippen molar-refractivity contribution >= 4 is 5.91 Å². The standard InChI is InChI=1S/C18H30N2O/c1-12-10-19-11-13(2)20(12)17(21)9-18-6-14-3-15(7-18)5-16(4-14)8-18/h12-16,19H,3-11H2,1-2H3. The second kappa shape index (κ2) is 4.97. The van der Waals surface area contributed by atoms with Gasteiger partial charge >= 0.3 is 0 Å². The molecule has 0 aromatic rings. The Hall–Kier alpha value is -0.570. The maximum atomic E-state index is 13.0. The number of rotatable bonds is 2. The first-order valence-electron chi connectivity index (χ1n) is 9.06. The zero-order valence-corrected chi connectivity index (χ0v) is 13.6. The Morgan fingerprint density at radius 1 is 1.00 bits per heavy atom. The maximum Gasteiger partial charge on any atom is 0.223 e. The van der Waals surface area contributed by atoms with E-state index in [1.807, 2.05) is 0 Å². The highest BCUT2D eigenvalue weighted by atomic mass is 16.2. The van der Waals surface area contributed by atoms with Crippen molar-refractivity contribution in [2.75, 3.05) is 13.1 Å².